The summed E-state index contributed by atoms with van der Waals surface area (Å²) < 4.78 is 0. The van der Waals surface area contributed by atoms with E-state index in [1.807, 2.05) is 30.3 Å². The Kier molecular flexibility index (Phi) is 4.60. The molecule has 0 aliphatic carbocycles. The van der Waals surface area contributed by atoms with E-state index in [9.17, 15) is 0 Å². The van der Waals surface area contributed by atoms with E-state index >= 15 is 0 Å². The molecule has 1 N–H and O–H groups in total. The lowest BCUT2D eigenvalue weighted by molar-refractivity contribution is 0.545. The highest BCUT2D eigenvalue weighted by atomic mass is 35.5. The van der Waals surface area contributed by atoms with Crippen molar-refractivity contribution in [3.8, 4) is 6.07 Å². The summed E-state index contributed by atoms with van der Waals surface area (Å²) in [5, 5.41) is 12.9. The van der Waals surface area contributed by atoms with Crippen molar-refractivity contribution in [2.75, 3.05) is 5.32 Å². The van der Waals surface area contributed by atoms with Gasteiger partial charge in [0.2, 0.25) is 0 Å². The molecule has 1 unspecified atom stereocenters. The maximum Gasteiger partial charge on any atom is 0.126 e. The summed E-state index contributed by atoms with van der Waals surface area (Å²) in [6, 6.07) is 13.6. The Morgan fingerprint density at radius 1 is 1.15 bits per heavy atom. The van der Waals surface area contributed by atoms with Gasteiger partial charge in [0, 0.05) is 11.2 Å². The fourth-order valence-electron chi connectivity index (χ4n) is 2.01. The molecule has 2 aromatic rings. The Hall–Kier alpha value is -2.05. The number of nitrogens with one attached hydrogen (secondary N) is 1. The van der Waals surface area contributed by atoms with Crippen LogP contribution in [0.4, 0.5) is 5.82 Å². The molecule has 0 amide bonds. The largest absolute Gasteiger partial charge is 0.363 e. The number of benzene rings is 1. The molecular formula is C16H16ClN3. The molecule has 20 heavy (non-hydrogen) atoms. The Balaban J connectivity index is 2.21. The van der Waals surface area contributed by atoms with Gasteiger partial charge < -0.3 is 5.32 Å². The van der Waals surface area contributed by atoms with E-state index in [0.29, 0.717) is 11.5 Å². The smallest absolute Gasteiger partial charge is 0.126 e. The van der Waals surface area contributed by atoms with Crippen molar-refractivity contribution in [1.82, 2.24) is 4.98 Å². The van der Waals surface area contributed by atoms with Crippen LogP contribution in [0.5, 0.6) is 0 Å². The van der Waals surface area contributed by atoms with Crippen molar-refractivity contribution in [2.45, 2.75) is 19.9 Å². The molecule has 0 aliphatic rings. The van der Waals surface area contributed by atoms with Gasteiger partial charge in [-0.1, -0.05) is 37.6 Å². The SMILES string of the molecule is CC(C)C(Nc1ccc(C#N)cn1)c1ccc(Cl)cc1. The number of pyridine rings is 1. The van der Waals surface area contributed by atoms with Crippen molar-refractivity contribution >= 4 is 17.4 Å². The second-order valence-corrected chi connectivity index (χ2v) is 5.40. The van der Waals surface area contributed by atoms with Gasteiger partial charge in [-0.05, 0) is 35.7 Å². The molecule has 1 aromatic carbocycles. The average Bonchev–Trinajstić information content (AvgIpc) is 2.46. The van der Waals surface area contributed by atoms with E-state index in [-0.39, 0.29) is 6.04 Å². The molecule has 0 saturated heterocycles. The maximum atomic E-state index is 8.78. The van der Waals surface area contributed by atoms with Crippen LogP contribution in [0.2, 0.25) is 5.02 Å². The number of aromatic nitrogens is 1. The Morgan fingerprint density at radius 2 is 1.85 bits per heavy atom. The van der Waals surface area contributed by atoms with Crippen LogP contribution in [0.3, 0.4) is 0 Å². The zero-order valence-electron chi connectivity index (χ0n) is 11.5. The monoisotopic (exact) mass is 285 g/mol. The fourth-order valence-corrected chi connectivity index (χ4v) is 2.14. The van der Waals surface area contributed by atoms with Gasteiger partial charge in [-0.3, -0.25) is 0 Å². The number of halogens is 1. The zero-order chi connectivity index (χ0) is 14.5. The maximum absolute atomic E-state index is 8.78. The summed E-state index contributed by atoms with van der Waals surface area (Å²) in [7, 11) is 0. The minimum atomic E-state index is 0.146. The third-order valence-corrected chi connectivity index (χ3v) is 3.34. The molecule has 1 heterocycles. The van der Waals surface area contributed by atoms with Gasteiger partial charge >= 0.3 is 0 Å². The lowest BCUT2D eigenvalue weighted by atomic mass is 9.96. The third-order valence-electron chi connectivity index (χ3n) is 3.09. The van der Waals surface area contributed by atoms with E-state index < -0.39 is 0 Å². The molecule has 102 valence electrons. The molecule has 0 fully saturated rings. The van der Waals surface area contributed by atoms with Gasteiger partial charge in [0.25, 0.3) is 0 Å². The summed E-state index contributed by atoms with van der Waals surface area (Å²) in [4.78, 5) is 4.26. The van der Waals surface area contributed by atoms with Crippen LogP contribution in [0.1, 0.15) is 31.0 Å². The van der Waals surface area contributed by atoms with Crippen molar-refractivity contribution < 1.29 is 0 Å². The lowest BCUT2D eigenvalue weighted by Crippen LogP contribution is -2.17. The highest BCUT2D eigenvalue weighted by Crippen LogP contribution is 2.26. The third kappa shape index (κ3) is 3.49. The summed E-state index contributed by atoms with van der Waals surface area (Å²) in [6.45, 7) is 4.30. The van der Waals surface area contributed by atoms with Crippen molar-refractivity contribution in [2.24, 2.45) is 5.92 Å². The summed E-state index contributed by atoms with van der Waals surface area (Å²) in [6.07, 6.45) is 1.57. The van der Waals surface area contributed by atoms with Crippen LogP contribution < -0.4 is 5.32 Å². The van der Waals surface area contributed by atoms with Gasteiger partial charge in [-0.2, -0.15) is 5.26 Å². The van der Waals surface area contributed by atoms with Crippen molar-refractivity contribution in [1.29, 1.82) is 5.26 Å². The minimum absolute atomic E-state index is 0.146. The Labute approximate surface area is 124 Å². The highest BCUT2D eigenvalue weighted by Gasteiger charge is 2.16. The summed E-state index contributed by atoms with van der Waals surface area (Å²) >= 11 is 5.93. The fraction of sp³-hybridized carbons (Fsp3) is 0.250. The molecule has 0 bridgehead atoms. The van der Waals surface area contributed by atoms with Gasteiger partial charge in [-0.15, -0.1) is 0 Å². The predicted octanol–water partition coefficient (Wildman–Crippen LogP) is 4.42. The van der Waals surface area contributed by atoms with Gasteiger partial charge in [0.1, 0.15) is 11.9 Å². The van der Waals surface area contributed by atoms with E-state index in [1.54, 1.807) is 12.3 Å². The van der Waals surface area contributed by atoms with Crippen molar-refractivity contribution in [3.05, 3.63) is 58.7 Å². The standard InChI is InChI=1S/C16H16ClN3/c1-11(2)16(13-4-6-14(17)7-5-13)20-15-8-3-12(9-18)10-19-15/h3-8,10-11,16H,1-2H3,(H,19,20). The molecule has 0 aliphatic heterocycles. The lowest BCUT2D eigenvalue weighted by Gasteiger charge is -2.23. The molecule has 0 spiro atoms. The second-order valence-electron chi connectivity index (χ2n) is 4.96. The molecule has 0 radical (unpaired) electrons. The molecule has 0 saturated carbocycles. The molecule has 2 rings (SSSR count). The molecule has 3 nitrogen and oxygen atoms in total. The summed E-state index contributed by atoms with van der Waals surface area (Å²) in [5.41, 5.74) is 1.72. The van der Waals surface area contributed by atoms with Crippen LogP contribution in [-0.4, -0.2) is 4.98 Å². The number of hydrogen-bond donors (Lipinski definition) is 1. The van der Waals surface area contributed by atoms with E-state index in [2.05, 4.69) is 30.2 Å². The van der Waals surface area contributed by atoms with Crippen molar-refractivity contribution in [3.63, 3.8) is 0 Å². The molecule has 1 atom stereocenters. The first kappa shape index (κ1) is 14.4. The van der Waals surface area contributed by atoms with E-state index in [1.165, 1.54) is 0 Å². The number of hydrogen-bond acceptors (Lipinski definition) is 3. The predicted molar refractivity (Wildman–Crippen MR) is 81.6 cm³/mol. The zero-order valence-corrected chi connectivity index (χ0v) is 12.2. The van der Waals surface area contributed by atoms with Gasteiger partial charge in [0.05, 0.1) is 11.6 Å². The first-order chi connectivity index (χ1) is 9.60. The quantitative estimate of drug-likeness (QED) is 0.905. The topological polar surface area (TPSA) is 48.7 Å². The average molecular weight is 286 g/mol. The number of anilines is 1. The molecule has 1 aromatic heterocycles. The highest BCUT2D eigenvalue weighted by molar-refractivity contribution is 6.30. The second kappa shape index (κ2) is 6.40. The van der Waals surface area contributed by atoms with Gasteiger partial charge in [-0.25, -0.2) is 4.98 Å². The van der Waals surface area contributed by atoms with Crippen LogP contribution in [0.15, 0.2) is 42.6 Å². The summed E-state index contributed by atoms with van der Waals surface area (Å²) in [5.74, 6) is 1.16. The first-order valence-corrected chi connectivity index (χ1v) is 6.86. The first-order valence-electron chi connectivity index (χ1n) is 6.48. The van der Waals surface area contributed by atoms with Crippen LogP contribution >= 0.6 is 11.6 Å². The molecular weight excluding hydrogens is 270 g/mol. The van der Waals surface area contributed by atoms with E-state index in [4.69, 9.17) is 16.9 Å². The Morgan fingerprint density at radius 3 is 2.35 bits per heavy atom. The van der Waals surface area contributed by atoms with Crippen LogP contribution in [0.25, 0.3) is 0 Å². The van der Waals surface area contributed by atoms with Gasteiger partial charge in [0.15, 0.2) is 0 Å². The minimum Gasteiger partial charge on any atom is -0.363 e. The van der Waals surface area contributed by atoms with E-state index in [0.717, 1.165) is 16.4 Å². The van der Waals surface area contributed by atoms with Crippen LogP contribution in [-0.2, 0) is 0 Å². The molecule has 4 heteroatoms. The van der Waals surface area contributed by atoms with Crippen LogP contribution in [0, 0.1) is 17.2 Å². The number of nitriles is 1. The Bertz CT molecular complexity index is 597. The normalized spacial score (nSPS) is 11.9. The number of rotatable bonds is 4. The number of nitrogens with zero attached hydrogens (tertiary/aromatic N) is 2.